The second kappa shape index (κ2) is 5.24. The van der Waals surface area contributed by atoms with Crippen LogP contribution in [0.2, 0.25) is 0 Å². The minimum absolute atomic E-state index is 0.177. The number of aryl methyl sites for hydroxylation is 1. The number of anilines is 1. The van der Waals surface area contributed by atoms with Crippen molar-refractivity contribution >= 4 is 22.6 Å². The first-order chi connectivity index (χ1) is 10.1. The van der Waals surface area contributed by atoms with E-state index in [1.54, 1.807) is 13.1 Å². The van der Waals surface area contributed by atoms with Gasteiger partial charge in [0.1, 0.15) is 17.1 Å². The third-order valence-corrected chi connectivity index (χ3v) is 3.20. The lowest BCUT2D eigenvalue weighted by molar-refractivity contribution is 0.0695. The number of benzene rings is 1. The molecule has 0 aliphatic carbocycles. The lowest BCUT2D eigenvalue weighted by atomic mass is 10.2. The predicted octanol–water partition coefficient (Wildman–Crippen LogP) is 2.84. The van der Waals surface area contributed by atoms with Crippen LogP contribution in [0.5, 0.6) is 0 Å². The minimum atomic E-state index is -0.993. The summed E-state index contributed by atoms with van der Waals surface area (Å²) in [6.07, 6.45) is 1.69. The summed E-state index contributed by atoms with van der Waals surface area (Å²) < 4.78 is 5.42. The van der Waals surface area contributed by atoms with Gasteiger partial charge >= 0.3 is 5.97 Å². The molecule has 3 rings (SSSR count). The number of hydrogen-bond acceptors (Lipinski definition) is 5. The fourth-order valence-corrected chi connectivity index (χ4v) is 2.17. The van der Waals surface area contributed by atoms with E-state index in [0.717, 1.165) is 10.8 Å². The number of carboxylic acid groups (broad SMARTS) is 1. The molecule has 0 aliphatic heterocycles. The molecule has 0 fully saturated rings. The SMILES string of the molecule is Cc1oc(CNc2nncc3ccccc23)cc1C(=O)O. The van der Waals surface area contributed by atoms with E-state index in [0.29, 0.717) is 23.9 Å². The molecule has 2 aromatic heterocycles. The number of rotatable bonds is 4. The number of hydrogen-bond donors (Lipinski definition) is 2. The van der Waals surface area contributed by atoms with Gasteiger partial charge in [0.2, 0.25) is 0 Å². The number of carboxylic acids is 1. The summed E-state index contributed by atoms with van der Waals surface area (Å²) in [5, 5.41) is 22.1. The van der Waals surface area contributed by atoms with Gasteiger partial charge in [0, 0.05) is 10.8 Å². The summed E-state index contributed by atoms with van der Waals surface area (Å²) in [4.78, 5) is 11.0. The molecule has 1 aromatic carbocycles. The molecule has 0 amide bonds. The van der Waals surface area contributed by atoms with Crippen LogP contribution in [0.1, 0.15) is 21.9 Å². The molecule has 6 heteroatoms. The van der Waals surface area contributed by atoms with E-state index in [1.165, 1.54) is 6.07 Å². The number of aromatic nitrogens is 2. The molecule has 6 nitrogen and oxygen atoms in total. The third kappa shape index (κ3) is 2.55. The molecule has 106 valence electrons. The van der Waals surface area contributed by atoms with Gasteiger partial charge in [0.15, 0.2) is 5.82 Å². The van der Waals surface area contributed by atoms with Gasteiger partial charge in [-0.05, 0) is 13.0 Å². The number of fused-ring (bicyclic) bond motifs is 1. The molecule has 0 bridgehead atoms. The van der Waals surface area contributed by atoms with Crippen LogP contribution in [0.3, 0.4) is 0 Å². The summed E-state index contributed by atoms with van der Waals surface area (Å²) in [7, 11) is 0. The van der Waals surface area contributed by atoms with Crippen molar-refractivity contribution in [2.45, 2.75) is 13.5 Å². The lowest BCUT2D eigenvalue weighted by Gasteiger charge is -2.05. The van der Waals surface area contributed by atoms with Crippen molar-refractivity contribution in [3.63, 3.8) is 0 Å². The second-order valence-corrected chi connectivity index (χ2v) is 4.62. The van der Waals surface area contributed by atoms with Crippen molar-refractivity contribution in [1.82, 2.24) is 10.2 Å². The lowest BCUT2D eigenvalue weighted by Crippen LogP contribution is -2.02. The molecule has 0 saturated carbocycles. The van der Waals surface area contributed by atoms with Crippen LogP contribution in [0.25, 0.3) is 10.8 Å². The largest absolute Gasteiger partial charge is 0.478 e. The first-order valence-electron chi connectivity index (χ1n) is 6.42. The molecule has 3 aromatic rings. The average Bonchev–Trinajstić information content (AvgIpc) is 2.86. The number of furan rings is 1. The van der Waals surface area contributed by atoms with Gasteiger partial charge in [0.05, 0.1) is 12.7 Å². The Morgan fingerprint density at radius 1 is 1.38 bits per heavy atom. The van der Waals surface area contributed by atoms with E-state index in [-0.39, 0.29) is 5.56 Å². The predicted molar refractivity (Wildman–Crippen MR) is 77.3 cm³/mol. The molecule has 0 spiro atoms. The fraction of sp³-hybridized carbons (Fsp3) is 0.133. The van der Waals surface area contributed by atoms with Crippen LogP contribution >= 0.6 is 0 Å². The highest BCUT2D eigenvalue weighted by Gasteiger charge is 2.13. The van der Waals surface area contributed by atoms with Gasteiger partial charge in [-0.2, -0.15) is 5.10 Å². The molecule has 0 radical (unpaired) electrons. The smallest absolute Gasteiger partial charge is 0.339 e. The average molecular weight is 283 g/mol. The second-order valence-electron chi connectivity index (χ2n) is 4.62. The standard InChI is InChI=1S/C15H13N3O3/c1-9-13(15(19)20)6-11(21-9)8-16-14-12-5-3-2-4-10(12)7-17-18-14/h2-7H,8H2,1H3,(H,16,18)(H,19,20). The zero-order valence-electron chi connectivity index (χ0n) is 11.3. The maximum absolute atomic E-state index is 11.0. The van der Waals surface area contributed by atoms with Crippen molar-refractivity contribution in [1.29, 1.82) is 0 Å². The number of aromatic carboxylic acids is 1. The van der Waals surface area contributed by atoms with E-state index in [9.17, 15) is 4.79 Å². The van der Waals surface area contributed by atoms with Gasteiger partial charge in [-0.1, -0.05) is 24.3 Å². The van der Waals surface area contributed by atoms with E-state index >= 15 is 0 Å². The molecule has 0 aliphatic rings. The van der Waals surface area contributed by atoms with E-state index in [1.807, 2.05) is 24.3 Å². The quantitative estimate of drug-likeness (QED) is 0.765. The molecular weight excluding hydrogens is 270 g/mol. The fourth-order valence-electron chi connectivity index (χ4n) is 2.17. The Morgan fingerprint density at radius 3 is 2.95 bits per heavy atom. The summed E-state index contributed by atoms with van der Waals surface area (Å²) in [6, 6.07) is 9.28. The Morgan fingerprint density at radius 2 is 2.19 bits per heavy atom. The van der Waals surface area contributed by atoms with Crippen LogP contribution < -0.4 is 5.32 Å². The van der Waals surface area contributed by atoms with Crippen LogP contribution in [-0.2, 0) is 6.54 Å². The van der Waals surface area contributed by atoms with E-state index in [2.05, 4.69) is 15.5 Å². The van der Waals surface area contributed by atoms with Crippen LogP contribution in [0, 0.1) is 6.92 Å². The molecule has 21 heavy (non-hydrogen) atoms. The molecule has 0 unspecified atom stereocenters. The summed E-state index contributed by atoms with van der Waals surface area (Å²) >= 11 is 0. The molecule has 0 saturated heterocycles. The van der Waals surface area contributed by atoms with Crippen molar-refractivity contribution < 1.29 is 14.3 Å². The van der Waals surface area contributed by atoms with Gasteiger partial charge in [0.25, 0.3) is 0 Å². The van der Waals surface area contributed by atoms with Crippen molar-refractivity contribution in [2.75, 3.05) is 5.32 Å². The number of carbonyl (C=O) groups is 1. The van der Waals surface area contributed by atoms with Crippen LogP contribution in [0.15, 0.2) is 40.9 Å². The third-order valence-electron chi connectivity index (χ3n) is 3.20. The van der Waals surface area contributed by atoms with Crippen LogP contribution in [-0.4, -0.2) is 21.3 Å². The maximum Gasteiger partial charge on any atom is 0.339 e. The number of nitrogens with zero attached hydrogens (tertiary/aromatic N) is 2. The first-order valence-corrected chi connectivity index (χ1v) is 6.42. The summed E-state index contributed by atoms with van der Waals surface area (Å²) in [5.74, 6) is 0.578. The van der Waals surface area contributed by atoms with Crippen molar-refractivity contribution in [3.05, 3.63) is 53.6 Å². The molecule has 0 atom stereocenters. The molecule has 2 heterocycles. The van der Waals surface area contributed by atoms with Crippen LogP contribution in [0.4, 0.5) is 5.82 Å². The highest BCUT2D eigenvalue weighted by Crippen LogP contribution is 2.21. The Labute approximate surface area is 120 Å². The normalized spacial score (nSPS) is 10.7. The van der Waals surface area contributed by atoms with Gasteiger partial charge < -0.3 is 14.8 Å². The highest BCUT2D eigenvalue weighted by molar-refractivity contribution is 5.91. The van der Waals surface area contributed by atoms with Gasteiger partial charge in [-0.3, -0.25) is 0 Å². The molecule has 2 N–H and O–H groups in total. The monoisotopic (exact) mass is 283 g/mol. The zero-order valence-corrected chi connectivity index (χ0v) is 11.3. The minimum Gasteiger partial charge on any atom is -0.478 e. The maximum atomic E-state index is 11.0. The Hall–Kier alpha value is -2.89. The summed E-state index contributed by atoms with van der Waals surface area (Å²) in [6.45, 7) is 1.97. The van der Waals surface area contributed by atoms with Gasteiger partial charge in [-0.15, -0.1) is 5.10 Å². The first kappa shape index (κ1) is 13.1. The molecular formula is C15H13N3O3. The Bertz CT molecular complexity index is 806. The number of nitrogens with one attached hydrogen (secondary N) is 1. The topological polar surface area (TPSA) is 88.3 Å². The highest BCUT2D eigenvalue weighted by atomic mass is 16.4. The van der Waals surface area contributed by atoms with Crippen molar-refractivity contribution in [3.8, 4) is 0 Å². The van der Waals surface area contributed by atoms with Crippen molar-refractivity contribution in [2.24, 2.45) is 0 Å². The zero-order chi connectivity index (χ0) is 14.8. The Kier molecular flexibility index (Phi) is 3.27. The summed E-state index contributed by atoms with van der Waals surface area (Å²) in [5.41, 5.74) is 0.177. The van der Waals surface area contributed by atoms with E-state index in [4.69, 9.17) is 9.52 Å². The Balaban J connectivity index is 1.84. The van der Waals surface area contributed by atoms with E-state index < -0.39 is 5.97 Å². The van der Waals surface area contributed by atoms with Gasteiger partial charge in [-0.25, -0.2) is 4.79 Å².